The maximum absolute atomic E-state index is 13.1. The first-order valence-corrected chi connectivity index (χ1v) is 10.8. The van der Waals surface area contributed by atoms with Gasteiger partial charge in [-0.1, -0.05) is 55.8 Å². The number of halogens is 1. The minimum Gasteiger partial charge on any atom is -0.322 e. The molecule has 0 aliphatic carbocycles. The predicted octanol–water partition coefficient (Wildman–Crippen LogP) is 7.38. The summed E-state index contributed by atoms with van der Waals surface area (Å²) in [6.07, 6.45) is 1.09. The lowest BCUT2D eigenvalue weighted by Gasteiger charge is -2.12. The molecule has 0 aliphatic rings. The van der Waals surface area contributed by atoms with Crippen LogP contribution in [0.25, 0.3) is 21.5 Å². The van der Waals surface area contributed by atoms with Crippen molar-refractivity contribution in [2.24, 2.45) is 0 Å². The molecular weight excluding hydrogens is 400 g/mol. The Kier molecular flexibility index (Phi) is 5.65. The molecule has 2 aromatic heterocycles. The van der Waals surface area contributed by atoms with Gasteiger partial charge in [0.05, 0.1) is 26.0 Å². The molecular formula is C24H21ClN2OS. The number of amides is 1. The molecule has 146 valence electrons. The van der Waals surface area contributed by atoms with E-state index in [-0.39, 0.29) is 5.91 Å². The second-order valence-corrected chi connectivity index (χ2v) is 8.78. The zero-order chi connectivity index (χ0) is 20.4. The Hall–Kier alpha value is -2.69. The van der Waals surface area contributed by atoms with E-state index in [1.54, 1.807) is 0 Å². The molecule has 1 amide bonds. The van der Waals surface area contributed by atoms with Gasteiger partial charge in [0.2, 0.25) is 0 Å². The second-order valence-electron chi connectivity index (χ2n) is 7.06. The lowest BCUT2D eigenvalue weighted by atomic mass is 9.98. The van der Waals surface area contributed by atoms with Crippen molar-refractivity contribution >= 4 is 45.4 Å². The molecule has 2 aromatic carbocycles. The summed E-state index contributed by atoms with van der Waals surface area (Å²) in [5.74, 6) is 0.355. The number of hydrogen-bond donors (Lipinski definition) is 1. The summed E-state index contributed by atoms with van der Waals surface area (Å²) in [5, 5.41) is 3.86. The molecule has 1 unspecified atom stereocenters. The topological polar surface area (TPSA) is 42.0 Å². The van der Waals surface area contributed by atoms with E-state index in [4.69, 9.17) is 16.6 Å². The number of pyridine rings is 1. The number of aromatic nitrogens is 1. The average Bonchev–Trinajstić information content (AvgIpc) is 3.19. The van der Waals surface area contributed by atoms with Crippen molar-refractivity contribution in [3.05, 3.63) is 82.2 Å². The number of carbonyl (C=O) groups is 1. The van der Waals surface area contributed by atoms with Crippen LogP contribution in [0.1, 0.15) is 42.1 Å². The molecule has 0 radical (unpaired) electrons. The van der Waals surface area contributed by atoms with E-state index >= 15 is 0 Å². The van der Waals surface area contributed by atoms with E-state index in [9.17, 15) is 4.79 Å². The van der Waals surface area contributed by atoms with Gasteiger partial charge in [-0.25, -0.2) is 4.98 Å². The van der Waals surface area contributed by atoms with Gasteiger partial charge >= 0.3 is 0 Å². The lowest BCUT2D eigenvalue weighted by Crippen LogP contribution is -2.13. The number of rotatable bonds is 5. The van der Waals surface area contributed by atoms with Gasteiger partial charge < -0.3 is 5.32 Å². The molecule has 5 heteroatoms. The van der Waals surface area contributed by atoms with Gasteiger partial charge in [-0.3, -0.25) is 4.79 Å². The highest BCUT2D eigenvalue weighted by Gasteiger charge is 2.15. The maximum atomic E-state index is 13.1. The van der Waals surface area contributed by atoms with Gasteiger partial charge in [0.1, 0.15) is 0 Å². The molecule has 0 spiro atoms. The normalized spacial score (nSPS) is 12.1. The molecule has 0 fully saturated rings. The number of nitrogens with zero attached hydrogens (tertiary/aromatic N) is 1. The van der Waals surface area contributed by atoms with Gasteiger partial charge in [-0.05, 0) is 54.3 Å². The number of nitrogens with one attached hydrogen (secondary N) is 1. The van der Waals surface area contributed by atoms with Crippen LogP contribution in [0.15, 0.2) is 66.7 Å². The van der Waals surface area contributed by atoms with E-state index in [1.807, 2.05) is 54.6 Å². The van der Waals surface area contributed by atoms with Crippen molar-refractivity contribution in [1.82, 2.24) is 4.98 Å². The van der Waals surface area contributed by atoms with Crippen LogP contribution in [-0.2, 0) is 0 Å². The Balaban J connectivity index is 1.69. The minimum atomic E-state index is -0.149. The third-order valence-electron chi connectivity index (χ3n) is 5.14. The molecule has 4 rings (SSSR count). The molecule has 0 aliphatic heterocycles. The van der Waals surface area contributed by atoms with E-state index in [1.165, 1.54) is 16.9 Å². The molecule has 1 N–H and O–H groups in total. The Morgan fingerprint density at radius 1 is 1.10 bits per heavy atom. The summed E-state index contributed by atoms with van der Waals surface area (Å²) in [7, 11) is 0. The summed E-state index contributed by atoms with van der Waals surface area (Å²) in [4.78, 5) is 18.8. The van der Waals surface area contributed by atoms with Gasteiger partial charge in [0.25, 0.3) is 5.91 Å². The zero-order valence-corrected chi connectivity index (χ0v) is 17.8. The highest BCUT2D eigenvalue weighted by molar-refractivity contribution is 7.19. The van der Waals surface area contributed by atoms with E-state index in [0.29, 0.717) is 15.8 Å². The first kappa shape index (κ1) is 19.6. The molecule has 2 heterocycles. The summed E-state index contributed by atoms with van der Waals surface area (Å²) in [5.41, 5.74) is 4.19. The van der Waals surface area contributed by atoms with Crippen LogP contribution >= 0.6 is 22.9 Å². The van der Waals surface area contributed by atoms with Gasteiger partial charge in [0, 0.05) is 11.1 Å². The summed E-state index contributed by atoms with van der Waals surface area (Å²) < 4.78 is 0.697. The first-order valence-electron chi connectivity index (χ1n) is 9.62. The number of fused-ring (bicyclic) bond motifs is 1. The van der Waals surface area contributed by atoms with Crippen molar-refractivity contribution in [2.75, 3.05) is 5.32 Å². The standard InChI is InChI=1S/C24H21ClN2OS/c1-3-15(2)16-8-10-17(11-9-16)26-24(28)19-14-21(22-12-13-23(25)29-22)27-20-7-5-4-6-18(19)20/h4-15H,3H2,1-2H3,(H,26,28). The average molecular weight is 421 g/mol. The van der Waals surface area contributed by atoms with E-state index < -0.39 is 0 Å². The zero-order valence-electron chi connectivity index (χ0n) is 16.3. The van der Waals surface area contributed by atoms with E-state index in [0.717, 1.165) is 33.6 Å². The lowest BCUT2D eigenvalue weighted by molar-refractivity contribution is 0.102. The van der Waals surface area contributed by atoms with Crippen molar-refractivity contribution in [2.45, 2.75) is 26.2 Å². The minimum absolute atomic E-state index is 0.149. The van der Waals surface area contributed by atoms with Crippen LogP contribution in [0.5, 0.6) is 0 Å². The van der Waals surface area contributed by atoms with Crippen molar-refractivity contribution in [3.8, 4) is 10.6 Å². The van der Waals surface area contributed by atoms with E-state index in [2.05, 4.69) is 31.3 Å². The monoisotopic (exact) mass is 420 g/mol. The van der Waals surface area contributed by atoms with Gasteiger partial charge in [-0.15, -0.1) is 11.3 Å². The molecule has 0 saturated carbocycles. The fourth-order valence-electron chi connectivity index (χ4n) is 3.27. The van der Waals surface area contributed by atoms with Crippen molar-refractivity contribution in [3.63, 3.8) is 0 Å². The van der Waals surface area contributed by atoms with Crippen LogP contribution in [-0.4, -0.2) is 10.9 Å². The SMILES string of the molecule is CCC(C)c1ccc(NC(=O)c2cc(-c3ccc(Cl)s3)nc3ccccc23)cc1. The predicted molar refractivity (Wildman–Crippen MR) is 123 cm³/mol. The van der Waals surface area contributed by atoms with Crippen LogP contribution in [0.4, 0.5) is 5.69 Å². The number of hydrogen-bond acceptors (Lipinski definition) is 3. The number of anilines is 1. The highest BCUT2D eigenvalue weighted by atomic mass is 35.5. The Bertz CT molecular complexity index is 1170. The maximum Gasteiger partial charge on any atom is 0.256 e. The quantitative estimate of drug-likeness (QED) is 0.366. The summed E-state index contributed by atoms with van der Waals surface area (Å²) in [6.45, 7) is 4.38. The third-order valence-corrected chi connectivity index (χ3v) is 6.39. The fourth-order valence-corrected chi connectivity index (χ4v) is 4.27. The van der Waals surface area contributed by atoms with Crippen LogP contribution in [0.2, 0.25) is 4.34 Å². The number of thiophene rings is 1. The molecule has 0 saturated heterocycles. The third kappa shape index (κ3) is 4.19. The molecule has 0 bridgehead atoms. The molecule has 29 heavy (non-hydrogen) atoms. The largest absolute Gasteiger partial charge is 0.322 e. The number of carbonyl (C=O) groups excluding carboxylic acids is 1. The Morgan fingerprint density at radius 2 is 1.86 bits per heavy atom. The van der Waals surface area contributed by atoms with Gasteiger partial charge in [-0.2, -0.15) is 0 Å². The van der Waals surface area contributed by atoms with Crippen LogP contribution in [0, 0.1) is 0 Å². The van der Waals surface area contributed by atoms with Crippen LogP contribution in [0.3, 0.4) is 0 Å². The molecule has 3 nitrogen and oxygen atoms in total. The van der Waals surface area contributed by atoms with Gasteiger partial charge in [0.15, 0.2) is 0 Å². The van der Waals surface area contributed by atoms with Crippen molar-refractivity contribution < 1.29 is 4.79 Å². The molecule has 1 atom stereocenters. The number of para-hydroxylation sites is 1. The number of benzene rings is 2. The van der Waals surface area contributed by atoms with Crippen molar-refractivity contribution in [1.29, 1.82) is 0 Å². The Morgan fingerprint density at radius 3 is 2.55 bits per heavy atom. The second kappa shape index (κ2) is 8.36. The fraction of sp³-hybridized carbons (Fsp3) is 0.167. The smallest absolute Gasteiger partial charge is 0.256 e. The molecule has 4 aromatic rings. The first-order chi connectivity index (χ1) is 14.0. The highest BCUT2D eigenvalue weighted by Crippen LogP contribution is 2.32. The summed E-state index contributed by atoms with van der Waals surface area (Å²) in [6, 6.07) is 21.4. The summed E-state index contributed by atoms with van der Waals surface area (Å²) >= 11 is 7.55. The Labute approximate surface area is 179 Å². The van der Waals surface area contributed by atoms with Crippen LogP contribution < -0.4 is 5.32 Å².